The maximum absolute atomic E-state index is 12.4. The fraction of sp³-hybridized carbons (Fsp3) is 0.278. The Balaban J connectivity index is 1.62. The van der Waals surface area contributed by atoms with Crippen LogP contribution in [-0.2, 0) is 11.3 Å². The molecular formula is C18H19N5O4S. The predicted molar refractivity (Wildman–Crippen MR) is 104 cm³/mol. The van der Waals surface area contributed by atoms with E-state index < -0.39 is 10.8 Å². The number of likely N-dealkylation sites (N-methyl/N-ethyl adjacent to an activating group) is 1. The zero-order valence-corrected chi connectivity index (χ0v) is 16.4. The molecule has 2 amide bonds. The van der Waals surface area contributed by atoms with Gasteiger partial charge in [0.25, 0.3) is 11.6 Å². The lowest BCUT2D eigenvalue weighted by Gasteiger charge is -2.17. The second-order valence-electron chi connectivity index (χ2n) is 6.38. The third-order valence-corrected chi connectivity index (χ3v) is 5.17. The van der Waals surface area contributed by atoms with Gasteiger partial charge in [0.15, 0.2) is 4.96 Å². The molecule has 2 aromatic heterocycles. The number of fused-ring (bicyclic) bond motifs is 1. The molecule has 146 valence electrons. The average Bonchev–Trinajstić information content (AvgIpc) is 3.15. The quantitative estimate of drug-likeness (QED) is 0.503. The normalized spacial score (nSPS) is 10.8. The molecule has 0 spiro atoms. The minimum atomic E-state index is -0.573. The number of amides is 2. The van der Waals surface area contributed by atoms with Crippen LogP contribution in [0.5, 0.6) is 0 Å². The number of rotatable bonds is 6. The van der Waals surface area contributed by atoms with Gasteiger partial charge in [0.2, 0.25) is 5.91 Å². The molecule has 1 aromatic carbocycles. The topological polar surface area (TPSA) is 110 Å². The molecule has 2 heterocycles. The van der Waals surface area contributed by atoms with Gasteiger partial charge in [-0.15, -0.1) is 11.3 Å². The first-order valence-electron chi connectivity index (χ1n) is 8.47. The van der Waals surface area contributed by atoms with E-state index in [1.807, 2.05) is 24.4 Å². The summed E-state index contributed by atoms with van der Waals surface area (Å²) in [6.45, 7) is 4.04. The van der Waals surface area contributed by atoms with Crippen molar-refractivity contribution < 1.29 is 14.5 Å². The molecule has 0 aliphatic heterocycles. The van der Waals surface area contributed by atoms with E-state index >= 15 is 0 Å². The van der Waals surface area contributed by atoms with Crippen LogP contribution >= 0.6 is 11.3 Å². The number of carbonyl (C=O) groups is 2. The molecule has 0 bridgehead atoms. The second-order valence-corrected chi connectivity index (χ2v) is 7.59. The van der Waals surface area contributed by atoms with Gasteiger partial charge in [0.05, 0.1) is 29.4 Å². The van der Waals surface area contributed by atoms with E-state index in [9.17, 15) is 19.7 Å². The largest absolute Gasteiger partial charge is 0.343 e. The number of nitrogens with one attached hydrogen (secondary N) is 1. The van der Waals surface area contributed by atoms with Gasteiger partial charge in [-0.1, -0.05) is 6.07 Å². The van der Waals surface area contributed by atoms with Crippen molar-refractivity contribution in [2.24, 2.45) is 0 Å². The van der Waals surface area contributed by atoms with Gasteiger partial charge in [-0.25, -0.2) is 4.98 Å². The van der Waals surface area contributed by atoms with E-state index in [2.05, 4.69) is 10.3 Å². The van der Waals surface area contributed by atoms with Gasteiger partial charge in [0.1, 0.15) is 0 Å². The highest BCUT2D eigenvalue weighted by Crippen LogP contribution is 2.21. The number of hydrogen-bond donors (Lipinski definition) is 1. The molecule has 0 aliphatic carbocycles. The summed E-state index contributed by atoms with van der Waals surface area (Å²) in [5.74, 6) is -0.818. The van der Waals surface area contributed by atoms with Crippen molar-refractivity contribution in [3.05, 3.63) is 62.4 Å². The molecule has 0 atom stereocenters. The zero-order valence-electron chi connectivity index (χ0n) is 15.6. The summed E-state index contributed by atoms with van der Waals surface area (Å²) >= 11 is 1.58. The minimum absolute atomic E-state index is 0.131. The number of imidazole rings is 1. The molecule has 28 heavy (non-hydrogen) atoms. The van der Waals surface area contributed by atoms with Crippen LogP contribution in [0.15, 0.2) is 30.5 Å². The number of non-ortho nitro benzene ring substituents is 1. The molecule has 0 saturated carbocycles. The lowest BCUT2D eigenvalue weighted by atomic mass is 10.2. The number of aromatic nitrogens is 2. The second kappa shape index (κ2) is 7.77. The minimum Gasteiger partial charge on any atom is -0.343 e. The number of aryl methyl sites for hydroxylation is 2. The Bertz CT molecular complexity index is 1070. The van der Waals surface area contributed by atoms with Gasteiger partial charge in [0, 0.05) is 35.8 Å². The summed E-state index contributed by atoms with van der Waals surface area (Å²) in [6.07, 6.45) is 1.98. The van der Waals surface area contributed by atoms with Crippen molar-refractivity contribution in [3.63, 3.8) is 0 Å². The van der Waals surface area contributed by atoms with Crippen molar-refractivity contribution in [1.29, 1.82) is 0 Å². The van der Waals surface area contributed by atoms with Crippen LogP contribution in [0.25, 0.3) is 4.96 Å². The van der Waals surface area contributed by atoms with Gasteiger partial charge in [-0.05, 0) is 19.9 Å². The number of thiazole rings is 1. The van der Waals surface area contributed by atoms with Crippen LogP contribution < -0.4 is 5.32 Å². The molecule has 0 radical (unpaired) electrons. The van der Waals surface area contributed by atoms with E-state index in [0.29, 0.717) is 6.54 Å². The summed E-state index contributed by atoms with van der Waals surface area (Å²) in [5.41, 5.74) is 1.72. The molecular weight excluding hydrogens is 382 g/mol. The molecule has 3 rings (SSSR count). The highest BCUT2D eigenvalue weighted by Gasteiger charge is 2.18. The molecule has 0 saturated heterocycles. The standard InChI is InChI=1S/C18H19N5O4S/c1-11-9-22-15(12(2)20-18(22)28-11)10-21(3)16(24)8-19-17(25)13-5-4-6-14(7-13)23(26)27/h4-7,9H,8,10H2,1-3H3,(H,19,25). The molecule has 0 aliphatic rings. The van der Waals surface area contributed by atoms with Crippen LogP contribution in [0.4, 0.5) is 5.69 Å². The maximum atomic E-state index is 12.4. The van der Waals surface area contributed by atoms with Gasteiger partial charge in [-0.3, -0.25) is 24.1 Å². The Hall–Kier alpha value is -3.27. The lowest BCUT2D eigenvalue weighted by Crippen LogP contribution is -2.38. The van der Waals surface area contributed by atoms with Crippen LogP contribution in [0.2, 0.25) is 0 Å². The van der Waals surface area contributed by atoms with E-state index in [1.54, 1.807) is 18.4 Å². The Labute approximate surface area is 164 Å². The number of hydrogen-bond acceptors (Lipinski definition) is 6. The number of carbonyl (C=O) groups excluding carboxylic acids is 2. The first kappa shape index (κ1) is 19.5. The number of benzene rings is 1. The Kier molecular flexibility index (Phi) is 5.41. The third kappa shape index (κ3) is 4.01. The molecule has 1 N–H and O–H groups in total. The summed E-state index contributed by atoms with van der Waals surface area (Å²) in [5, 5.41) is 13.3. The van der Waals surface area contributed by atoms with E-state index in [4.69, 9.17) is 0 Å². The first-order chi connectivity index (χ1) is 13.3. The highest BCUT2D eigenvalue weighted by molar-refractivity contribution is 7.17. The summed E-state index contributed by atoms with van der Waals surface area (Å²) in [6, 6.07) is 5.37. The van der Waals surface area contributed by atoms with Crippen molar-refractivity contribution in [3.8, 4) is 0 Å². The van der Waals surface area contributed by atoms with Crippen molar-refractivity contribution >= 4 is 33.8 Å². The summed E-state index contributed by atoms with van der Waals surface area (Å²) in [7, 11) is 1.65. The van der Waals surface area contributed by atoms with Crippen molar-refractivity contribution in [2.75, 3.05) is 13.6 Å². The Morgan fingerprint density at radius 1 is 1.36 bits per heavy atom. The van der Waals surface area contributed by atoms with E-state index in [0.717, 1.165) is 21.2 Å². The summed E-state index contributed by atoms with van der Waals surface area (Å²) < 4.78 is 1.97. The van der Waals surface area contributed by atoms with Crippen LogP contribution in [0.1, 0.15) is 26.6 Å². The fourth-order valence-electron chi connectivity index (χ4n) is 2.77. The maximum Gasteiger partial charge on any atom is 0.270 e. The highest BCUT2D eigenvalue weighted by atomic mass is 32.1. The van der Waals surface area contributed by atoms with Gasteiger partial charge in [-0.2, -0.15) is 0 Å². The third-order valence-electron chi connectivity index (χ3n) is 4.27. The summed E-state index contributed by atoms with van der Waals surface area (Å²) in [4.78, 5) is 42.8. The fourth-order valence-corrected chi connectivity index (χ4v) is 3.66. The number of nitro groups is 1. The zero-order chi connectivity index (χ0) is 20.4. The van der Waals surface area contributed by atoms with Gasteiger partial charge < -0.3 is 10.2 Å². The predicted octanol–water partition coefficient (Wildman–Crippen LogP) is 2.31. The first-order valence-corrected chi connectivity index (χ1v) is 9.28. The Morgan fingerprint density at radius 3 is 2.82 bits per heavy atom. The average molecular weight is 401 g/mol. The van der Waals surface area contributed by atoms with Crippen LogP contribution in [0.3, 0.4) is 0 Å². The van der Waals surface area contributed by atoms with E-state index in [1.165, 1.54) is 29.2 Å². The SMILES string of the molecule is Cc1cn2c(CN(C)C(=O)CNC(=O)c3cccc([N+](=O)[O-])c3)c(C)nc2s1. The van der Waals surface area contributed by atoms with Crippen molar-refractivity contribution in [2.45, 2.75) is 20.4 Å². The number of nitro benzene ring substituents is 1. The van der Waals surface area contributed by atoms with E-state index in [-0.39, 0.29) is 23.7 Å². The molecule has 9 nitrogen and oxygen atoms in total. The molecule has 0 fully saturated rings. The molecule has 0 unspecified atom stereocenters. The van der Waals surface area contributed by atoms with Crippen molar-refractivity contribution in [1.82, 2.24) is 19.6 Å². The van der Waals surface area contributed by atoms with Crippen LogP contribution in [0, 0.1) is 24.0 Å². The number of nitrogens with zero attached hydrogens (tertiary/aromatic N) is 4. The monoisotopic (exact) mass is 401 g/mol. The Morgan fingerprint density at radius 2 is 2.11 bits per heavy atom. The molecule has 3 aromatic rings. The van der Waals surface area contributed by atoms with Gasteiger partial charge >= 0.3 is 0 Å². The van der Waals surface area contributed by atoms with Crippen LogP contribution in [-0.4, -0.2) is 44.6 Å². The smallest absolute Gasteiger partial charge is 0.270 e. The lowest BCUT2D eigenvalue weighted by molar-refractivity contribution is -0.384. The molecule has 10 heteroatoms.